The third-order valence-corrected chi connectivity index (χ3v) is 4.14. The third kappa shape index (κ3) is 6.83. The van der Waals surface area contributed by atoms with Gasteiger partial charge in [-0.3, -0.25) is 4.79 Å². The highest BCUT2D eigenvalue weighted by molar-refractivity contribution is 7.88. The van der Waals surface area contributed by atoms with Crippen LogP contribution in [0.5, 0.6) is 5.75 Å². The van der Waals surface area contributed by atoms with Gasteiger partial charge in [0.05, 0.1) is 11.3 Å². The molecule has 1 amide bonds. The second kappa shape index (κ2) is 8.57. The lowest BCUT2D eigenvalue weighted by molar-refractivity contribution is -0.127. The summed E-state index contributed by atoms with van der Waals surface area (Å²) in [5.74, 6) is 0.00552. The predicted molar refractivity (Wildman–Crippen MR) is 87.0 cm³/mol. The summed E-state index contributed by atoms with van der Waals surface area (Å²) in [7, 11) is -3.21. The summed E-state index contributed by atoms with van der Waals surface area (Å²) in [6.07, 6.45) is 0.804. The van der Waals surface area contributed by atoms with E-state index in [9.17, 15) is 13.2 Å². The molecule has 0 spiro atoms. The van der Waals surface area contributed by atoms with Crippen molar-refractivity contribution in [2.75, 3.05) is 19.3 Å². The highest BCUT2D eigenvalue weighted by Crippen LogP contribution is 2.31. The molecule has 0 aliphatic heterocycles. The van der Waals surface area contributed by atoms with Gasteiger partial charge in [-0.1, -0.05) is 29.3 Å². The molecule has 0 saturated carbocycles. The average Bonchev–Trinajstić information content (AvgIpc) is 2.42. The second-order valence-electron chi connectivity index (χ2n) is 4.62. The maximum absolute atomic E-state index is 11.9. The quantitative estimate of drug-likeness (QED) is 0.685. The molecule has 9 heteroatoms. The number of ether oxygens (including phenoxy) is 1. The first kappa shape index (κ1) is 19.0. The van der Waals surface area contributed by atoms with Crippen molar-refractivity contribution in [3.63, 3.8) is 0 Å². The van der Waals surface area contributed by atoms with Gasteiger partial charge in [0, 0.05) is 13.1 Å². The van der Waals surface area contributed by atoms with Crippen LogP contribution in [0.3, 0.4) is 0 Å². The number of benzene rings is 1. The van der Waals surface area contributed by atoms with E-state index in [1.54, 1.807) is 25.1 Å². The first-order chi connectivity index (χ1) is 10.2. The molecule has 6 nitrogen and oxygen atoms in total. The van der Waals surface area contributed by atoms with Crippen LogP contribution in [0.1, 0.15) is 13.3 Å². The van der Waals surface area contributed by atoms with Gasteiger partial charge in [-0.25, -0.2) is 13.1 Å². The number of halogens is 2. The van der Waals surface area contributed by atoms with Crippen LogP contribution < -0.4 is 14.8 Å². The minimum absolute atomic E-state index is 0.251. The molecule has 0 aromatic heterocycles. The molecule has 0 fully saturated rings. The Kier molecular flexibility index (Phi) is 7.41. The molecule has 22 heavy (non-hydrogen) atoms. The summed E-state index contributed by atoms with van der Waals surface area (Å²) in [5, 5.41) is 3.25. The molecule has 0 heterocycles. The average molecular weight is 369 g/mol. The molecule has 0 unspecified atom stereocenters. The fourth-order valence-electron chi connectivity index (χ4n) is 1.52. The van der Waals surface area contributed by atoms with E-state index in [0.717, 1.165) is 6.26 Å². The Hall–Kier alpha value is -1.02. The minimum atomic E-state index is -3.21. The van der Waals surface area contributed by atoms with Crippen molar-refractivity contribution < 1.29 is 17.9 Å². The van der Waals surface area contributed by atoms with Crippen LogP contribution >= 0.6 is 23.2 Å². The lowest BCUT2D eigenvalue weighted by Crippen LogP contribution is -2.37. The fourth-order valence-corrected chi connectivity index (χ4v) is 2.37. The molecule has 0 saturated heterocycles. The van der Waals surface area contributed by atoms with Gasteiger partial charge >= 0.3 is 0 Å². The molecule has 124 valence electrons. The van der Waals surface area contributed by atoms with Crippen molar-refractivity contribution in [3.8, 4) is 5.75 Å². The number of nitrogens with one attached hydrogen (secondary N) is 2. The van der Waals surface area contributed by atoms with Crippen molar-refractivity contribution in [2.24, 2.45) is 0 Å². The van der Waals surface area contributed by atoms with Gasteiger partial charge in [-0.2, -0.15) is 0 Å². The maximum atomic E-state index is 11.9. The summed E-state index contributed by atoms with van der Waals surface area (Å²) in [4.78, 5) is 11.9. The van der Waals surface area contributed by atoms with Crippen LogP contribution in [-0.4, -0.2) is 39.8 Å². The molecule has 0 radical (unpaired) electrons. The van der Waals surface area contributed by atoms with Gasteiger partial charge in [0.1, 0.15) is 10.8 Å². The van der Waals surface area contributed by atoms with Crippen LogP contribution in [0.2, 0.25) is 10.0 Å². The summed E-state index contributed by atoms with van der Waals surface area (Å²) in [6.45, 7) is 2.17. The van der Waals surface area contributed by atoms with Crippen molar-refractivity contribution in [1.29, 1.82) is 0 Å². The van der Waals surface area contributed by atoms with Crippen molar-refractivity contribution in [3.05, 3.63) is 28.2 Å². The molecule has 1 rings (SSSR count). The van der Waals surface area contributed by atoms with Gasteiger partial charge in [0.25, 0.3) is 5.91 Å². The molecule has 2 N–H and O–H groups in total. The zero-order chi connectivity index (χ0) is 16.8. The van der Waals surface area contributed by atoms with Gasteiger partial charge in [-0.05, 0) is 25.5 Å². The number of carbonyl (C=O) groups excluding carboxylic acids is 1. The molecule has 1 aromatic rings. The summed E-state index contributed by atoms with van der Waals surface area (Å²) < 4.78 is 29.5. The van der Waals surface area contributed by atoms with Crippen molar-refractivity contribution >= 4 is 39.1 Å². The Morgan fingerprint density at radius 3 is 2.64 bits per heavy atom. The number of amides is 1. The Balaban J connectivity index is 2.38. The zero-order valence-corrected chi connectivity index (χ0v) is 14.6. The van der Waals surface area contributed by atoms with E-state index >= 15 is 0 Å². The standard InChI is InChI=1S/C13H18Cl2N2O4S/c1-9(21-11-6-3-5-10(14)12(11)15)13(18)16-7-4-8-17-22(2,19)20/h3,5-6,9,17H,4,7-8H2,1-2H3,(H,16,18)/t9-/m0/s1. The largest absolute Gasteiger partial charge is 0.479 e. The van der Waals surface area contributed by atoms with E-state index in [1.807, 2.05) is 0 Å². The van der Waals surface area contributed by atoms with Crippen molar-refractivity contribution in [2.45, 2.75) is 19.4 Å². The number of hydrogen-bond acceptors (Lipinski definition) is 4. The molecular weight excluding hydrogens is 351 g/mol. The Morgan fingerprint density at radius 2 is 2.00 bits per heavy atom. The predicted octanol–water partition coefficient (Wildman–Crippen LogP) is 1.82. The summed E-state index contributed by atoms with van der Waals surface area (Å²) >= 11 is 11.8. The van der Waals surface area contributed by atoms with Gasteiger partial charge in [-0.15, -0.1) is 0 Å². The Morgan fingerprint density at radius 1 is 1.32 bits per heavy atom. The topological polar surface area (TPSA) is 84.5 Å². The molecule has 0 aliphatic rings. The van der Waals surface area contributed by atoms with E-state index in [4.69, 9.17) is 27.9 Å². The lowest BCUT2D eigenvalue weighted by Gasteiger charge is -2.16. The van der Waals surface area contributed by atoms with Crippen LogP contribution in [0.15, 0.2) is 18.2 Å². The molecular formula is C13H18Cl2N2O4S. The Labute approximate surface area is 140 Å². The first-order valence-electron chi connectivity index (χ1n) is 6.53. The van der Waals surface area contributed by atoms with Crippen LogP contribution in [0, 0.1) is 0 Å². The van der Waals surface area contributed by atoms with Gasteiger partial charge in [0.15, 0.2) is 6.10 Å². The monoisotopic (exact) mass is 368 g/mol. The highest BCUT2D eigenvalue weighted by Gasteiger charge is 2.16. The van der Waals surface area contributed by atoms with Gasteiger partial charge in [0.2, 0.25) is 10.0 Å². The minimum Gasteiger partial charge on any atom is -0.479 e. The number of carbonyl (C=O) groups is 1. The molecule has 0 aliphatic carbocycles. The van der Waals surface area contributed by atoms with E-state index in [0.29, 0.717) is 23.7 Å². The normalized spacial score (nSPS) is 12.7. The Bertz CT molecular complexity index is 622. The van der Waals surface area contributed by atoms with Crippen LogP contribution in [0.25, 0.3) is 0 Å². The zero-order valence-electron chi connectivity index (χ0n) is 12.2. The molecule has 0 bridgehead atoms. The third-order valence-electron chi connectivity index (χ3n) is 2.61. The number of hydrogen-bond donors (Lipinski definition) is 2. The smallest absolute Gasteiger partial charge is 0.260 e. The van der Waals surface area contributed by atoms with E-state index in [2.05, 4.69) is 10.0 Å². The number of rotatable bonds is 8. The van der Waals surface area contributed by atoms with Crippen molar-refractivity contribution in [1.82, 2.24) is 10.0 Å². The van der Waals surface area contributed by atoms with Gasteiger partial charge < -0.3 is 10.1 Å². The lowest BCUT2D eigenvalue weighted by atomic mass is 10.3. The van der Waals surface area contributed by atoms with E-state index in [-0.39, 0.29) is 17.5 Å². The fraction of sp³-hybridized carbons (Fsp3) is 0.462. The summed E-state index contributed by atoms with van der Waals surface area (Å²) in [5.41, 5.74) is 0. The molecule has 1 atom stereocenters. The first-order valence-corrected chi connectivity index (χ1v) is 9.18. The molecule has 1 aromatic carbocycles. The summed E-state index contributed by atoms with van der Waals surface area (Å²) in [6, 6.07) is 4.91. The maximum Gasteiger partial charge on any atom is 0.260 e. The van der Waals surface area contributed by atoms with Crippen LogP contribution in [-0.2, 0) is 14.8 Å². The second-order valence-corrected chi connectivity index (χ2v) is 7.24. The SMILES string of the molecule is C[C@H](Oc1cccc(Cl)c1Cl)C(=O)NCCCNS(C)(=O)=O. The van der Waals surface area contributed by atoms with Crippen LogP contribution in [0.4, 0.5) is 0 Å². The highest BCUT2D eigenvalue weighted by atomic mass is 35.5. The van der Waals surface area contributed by atoms with E-state index < -0.39 is 16.1 Å². The van der Waals surface area contributed by atoms with E-state index in [1.165, 1.54) is 0 Å². The number of sulfonamides is 1.